The van der Waals surface area contributed by atoms with Crippen LogP contribution in [0, 0.1) is 6.92 Å². The summed E-state index contributed by atoms with van der Waals surface area (Å²) in [5.74, 6) is 1.86. The topological polar surface area (TPSA) is 72.8 Å². The fourth-order valence-electron chi connectivity index (χ4n) is 1.79. The zero-order chi connectivity index (χ0) is 14.7. The monoisotopic (exact) mass is 299 g/mol. The molecule has 3 heterocycles. The van der Waals surface area contributed by atoms with Crippen LogP contribution in [0.25, 0.3) is 11.5 Å². The minimum Gasteiger partial charge on any atom is -0.493 e. The third kappa shape index (κ3) is 2.97. The first-order valence-electron chi connectivity index (χ1n) is 6.29. The largest absolute Gasteiger partial charge is 0.493 e. The summed E-state index contributed by atoms with van der Waals surface area (Å²) in [6.45, 7) is 2.01. The van der Waals surface area contributed by atoms with E-state index in [9.17, 15) is 0 Å². The molecule has 3 aromatic heterocycles. The molecule has 0 saturated carbocycles. The third-order valence-corrected chi connectivity index (χ3v) is 3.42. The number of methoxy groups -OCH3 is 1. The van der Waals surface area contributed by atoms with Crippen LogP contribution in [-0.4, -0.2) is 26.4 Å². The quantitative estimate of drug-likeness (QED) is 0.798. The highest BCUT2D eigenvalue weighted by molar-refractivity contribution is 7.09. The molecule has 0 saturated heterocycles. The first-order chi connectivity index (χ1) is 10.3. The van der Waals surface area contributed by atoms with E-state index in [0.717, 1.165) is 11.3 Å². The summed E-state index contributed by atoms with van der Waals surface area (Å²) in [7, 11) is 1.60. The van der Waals surface area contributed by atoms with Crippen molar-refractivity contribution in [3.05, 3.63) is 42.2 Å². The van der Waals surface area contributed by atoms with Crippen molar-refractivity contribution < 1.29 is 4.74 Å². The number of hydrogen-bond acceptors (Lipinski definition) is 7. The molecule has 21 heavy (non-hydrogen) atoms. The molecule has 0 bridgehead atoms. The van der Waals surface area contributed by atoms with Gasteiger partial charge in [-0.15, -0.1) is 0 Å². The van der Waals surface area contributed by atoms with Crippen LogP contribution in [-0.2, 0) is 0 Å². The molecule has 0 aromatic carbocycles. The van der Waals surface area contributed by atoms with E-state index < -0.39 is 0 Å². The zero-order valence-electron chi connectivity index (χ0n) is 11.6. The Hall–Kier alpha value is -2.54. The van der Waals surface area contributed by atoms with Gasteiger partial charge in [-0.25, -0.2) is 4.98 Å². The molecule has 3 rings (SSSR count). The Labute approximate surface area is 126 Å². The van der Waals surface area contributed by atoms with E-state index in [4.69, 9.17) is 4.74 Å². The van der Waals surface area contributed by atoms with Crippen LogP contribution in [0.5, 0.6) is 5.75 Å². The Morgan fingerprint density at radius 3 is 2.90 bits per heavy atom. The minimum atomic E-state index is 0.598. The molecule has 1 N–H and O–H groups in total. The van der Waals surface area contributed by atoms with Crippen LogP contribution in [0.15, 0.2) is 36.7 Å². The lowest BCUT2D eigenvalue weighted by molar-refractivity contribution is 0.415. The second-order valence-corrected chi connectivity index (χ2v) is 5.07. The predicted octanol–water partition coefficient (Wildman–Crippen LogP) is 3.06. The molecular formula is C14H13N5OS. The number of pyridine rings is 2. The summed E-state index contributed by atoms with van der Waals surface area (Å²) in [5.41, 5.74) is 1.88. The SMILES string of the molecule is COc1cccnc1Nc1nc(-c2cc(C)ccn2)ns1. The van der Waals surface area contributed by atoms with Crippen LogP contribution >= 0.6 is 11.5 Å². The molecule has 0 radical (unpaired) electrons. The first-order valence-corrected chi connectivity index (χ1v) is 7.06. The van der Waals surface area contributed by atoms with E-state index in [0.29, 0.717) is 22.5 Å². The van der Waals surface area contributed by atoms with Crippen molar-refractivity contribution >= 4 is 22.5 Å². The number of nitrogens with one attached hydrogen (secondary N) is 1. The highest BCUT2D eigenvalue weighted by Crippen LogP contribution is 2.27. The van der Waals surface area contributed by atoms with Crippen molar-refractivity contribution in [2.45, 2.75) is 6.92 Å². The second kappa shape index (κ2) is 5.84. The Balaban J connectivity index is 1.85. The number of rotatable bonds is 4. The molecule has 0 aliphatic heterocycles. The molecule has 0 aliphatic rings. The van der Waals surface area contributed by atoms with E-state index in [1.54, 1.807) is 19.5 Å². The normalized spacial score (nSPS) is 10.4. The Kier molecular flexibility index (Phi) is 3.74. The maximum atomic E-state index is 5.24. The second-order valence-electron chi connectivity index (χ2n) is 4.32. The lowest BCUT2D eigenvalue weighted by Gasteiger charge is -2.06. The lowest BCUT2D eigenvalue weighted by atomic mass is 10.2. The average Bonchev–Trinajstić information content (AvgIpc) is 2.96. The smallest absolute Gasteiger partial charge is 0.208 e. The maximum absolute atomic E-state index is 5.24. The van der Waals surface area contributed by atoms with Crippen molar-refractivity contribution in [3.63, 3.8) is 0 Å². The standard InChI is InChI=1S/C14H13N5OS/c1-9-5-7-15-10(8-9)12-17-14(21-19-12)18-13-11(20-2)4-3-6-16-13/h3-8H,1-2H3,(H,16,17,18,19). The van der Waals surface area contributed by atoms with Crippen molar-refractivity contribution in [2.24, 2.45) is 0 Å². The van der Waals surface area contributed by atoms with Crippen LogP contribution in [0.3, 0.4) is 0 Å². The Morgan fingerprint density at radius 1 is 1.19 bits per heavy atom. The van der Waals surface area contributed by atoms with Gasteiger partial charge in [-0.3, -0.25) is 4.98 Å². The zero-order valence-corrected chi connectivity index (χ0v) is 12.4. The minimum absolute atomic E-state index is 0.598. The van der Waals surface area contributed by atoms with Crippen LogP contribution in [0.4, 0.5) is 10.9 Å². The number of aryl methyl sites for hydroxylation is 1. The van der Waals surface area contributed by atoms with Crippen molar-refractivity contribution in [1.82, 2.24) is 19.3 Å². The van der Waals surface area contributed by atoms with Gasteiger partial charge >= 0.3 is 0 Å². The molecule has 106 valence electrons. The Bertz CT molecular complexity index is 758. The molecular weight excluding hydrogens is 286 g/mol. The number of anilines is 2. The molecule has 3 aromatic rings. The fourth-order valence-corrected chi connectivity index (χ4v) is 2.36. The molecule has 0 aliphatic carbocycles. The Morgan fingerprint density at radius 2 is 2.10 bits per heavy atom. The summed E-state index contributed by atoms with van der Waals surface area (Å²) in [6.07, 6.45) is 3.44. The molecule has 0 unspecified atom stereocenters. The number of ether oxygens (including phenoxy) is 1. The molecule has 7 heteroatoms. The van der Waals surface area contributed by atoms with Gasteiger partial charge in [0.05, 0.1) is 7.11 Å². The van der Waals surface area contributed by atoms with E-state index in [-0.39, 0.29) is 0 Å². The van der Waals surface area contributed by atoms with Gasteiger partial charge in [0.25, 0.3) is 0 Å². The fraction of sp³-hybridized carbons (Fsp3) is 0.143. The van der Waals surface area contributed by atoms with Gasteiger partial charge in [0.15, 0.2) is 17.4 Å². The highest BCUT2D eigenvalue weighted by atomic mass is 32.1. The van der Waals surface area contributed by atoms with Gasteiger partial charge in [0.2, 0.25) is 5.13 Å². The summed E-state index contributed by atoms with van der Waals surface area (Å²) in [4.78, 5) is 12.9. The highest BCUT2D eigenvalue weighted by Gasteiger charge is 2.10. The van der Waals surface area contributed by atoms with Crippen LogP contribution in [0.1, 0.15) is 5.56 Å². The van der Waals surface area contributed by atoms with Gasteiger partial charge < -0.3 is 10.1 Å². The van der Waals surface area contributed by atoms with Crippen molar-refractivity contribution in [3.8, 4) is 17.3 Å². The van der Waals surface area contributed by atoms with Crippen molar-refractivity contribution in [1.29, 1.82) is 0 Å². The van der Waals surface area contributed by atoms with E-state index in [1.807, 2.05) is 31.2 Å². The number of nitrogens with zero attached hydrogens (tertiary/aromatic N) is 4. The van der Waals surface area contributed by atoms with Gasteiger partial charge in [0, 0.05) is 23.9 Å². The predicted molar refractivity (Wildman–Crippen MR) is 81.9 cm³/mol. The molecule has 0 spiro atoms. The number of hydrogen-bond donors (Lipinski definition) is 1. The summed E-state index contributed by atoms with van der Waals surface area (Å²) in [6, 6.07) is 7.53. The third-order valence-electron chi connectivity index (χ3n) is 2.79. The van der Waals surface area contributed by atoms with Gasteiger partial charge in [-0.05, 0) is 36.8 Å². The molecule has 6 nitrogen and oxygen atoms in total. The summed E-state index contributed by atoms with van der Waals surface area (Å²) in [5, 5.41) is 3.75. The van der Waals surface area contributed by atoms with Gasteiger partial charge in [-0.1, -0.05) is 0 Å². The van der Waals surface area contributed by atoms with Crippen molar-refractivity contribution in [2.75, 3.05) is 12.4 Å². The molecule has 0 amide bonds. The average molecular weight is 299 g/mol. The van der Waals surface area contributed by atoms with E-state index >= 15 is 0 Å². The maximum Gasteiger partial charge on any atom is 0.208 e. The van der Waals surface area contributed by atoms with E-state index in [2.05, 4.69) is 24.6 Å². The van der Waals surface area contributed by atoms with Gasteiger partial charge in [0.1, 0.15) is 5.69 Å². The molecule has 0 atom stereocenters. The number of aromatic nitrogens is 4. The van der Waals surface area contributed by atoms with Gasteiger partial charge in [-0.2, -0.15) is 9.36 Å². The first kappa shape index (κ1) is 13.4. The molecule has 0 fully saturated rings. The van der Waals surface area contributed by atoms with Crippen LogP contribution in [0.2, 0.25) is 0 Å². The summed E-state index contributed by atoms with van der Waals surface area (Å²) < 4.78 is 9.56. The van der Waals surface area contributed by atoms with E-state index in [1.165, 1.54) is 11.5 Å². The lowest BCUT2D eigenvalue weighted by Crippen LogP contribution is -1.96. The summed E-state index contributed by atoms with van der Waals surface area (Å²) >= 11 is 1.26. The van der Waals surface area contributed by atoms with Crippen LogP contribution < -0.4 is 10.1 Å².